The highest BCUT2D eigenvalue weighted by Crippen LogP contribution is 2.32. The lowest BCUT2D eigenvalue weighted by atomic mass is 9.84. The Labute approximate surface area is 126 Å². The van der Waals surface area contributed by atoms with Gasteiger partial charge in [-0.1, -0.05) is 68.1 Å². The Kier molecular flexibility index (Phi) is 4.27. The molecule has 2 nitrogen and oxygen atoms in total. The van der Waals surface area contributed by atoms with Crippen molar-refractivity contribution >= 4 is 10.8 Å². The van der Waals surface area contributed by atoms with Crippen LogP contribution in [0.4, 0.5) is 0 Å². The van der Waals surface area contributed by atoms with Gasteiger partial charge in [-0.3, -0.25) is 0 Å². The fraction of sp³-hybridized carbons (Fsp3) is 0.474. The second-order valence-corrected chi connectivity index (χ2v) is 6.38. The third kappa shape index (κ3) is 3.12. The van der Waals surface area contributed by atoms with Gasteiger partial charge in [0.15, 0.2) is 0 Å². The van der Waals surface area contributed by atoms with E-state index in [9.17, 15) is 10.2 Å². The average molecular weight is 284 g/mol. The van der Waals surface area contributed by atoms with E-state index in [0.717, 1.165) is 31.2 Å². The van der Waals surface area contributed by atoms with Crippen LogP contribution in [0.5, 0.6) is 0 Å². The Morgan fingerprint density at radius 3 is 2.33 bits per heavy atom. The number of rotatable bonds is 3. The maximum atomic E-state index is 10.8. The van der Waals surface area contributed by atoms with Crippen molar-refractivity contribution in [1.82, 2.24) is 0 Å². The Balaban J connectivity index is 1.84. The van der Waals surface area contributed by atoms with Gasteiger partial charge in [-0.2, -0.15) is 0 Å². The van der Waals surface area contributed by atoms with Gasteiger partial charge in [-0.15, -0.1) is 0 Å². The standard InChI is InChI=1S/C19H24O2/c20-18(19(21)12-5-1-2-6-13-19)14-16-10-7-9-15-8-3-4-11-17(15)16/h3-4,7-11,18,20-21H,1-2,5-6,12-14H2. The fourth-order valence-corrected chi connectivity index (χ4v) is 3.54. The van der Waals surface area contributed by atoms with Crippen LogP contribution in [0.2, 0.25) is 0 Å². The summed E-state index contributed by atoms with van der Waals surface area (Å²) in [5, 5.41) is 23.8. The summed E-state index contributed by atoms with van der Waals surface area (Å²) in [6, 6.07) is 14.4. The van der Waals surface area contributed by atoms with Crippen molar-refractivity contribution in [3.05, 3.63) is 48.0 Å². The molecule has 1 aliphatic rings. The van der Waals surface area contributed by atoms with Crippen LogP contribution < -0.4 is 0 Å². The van der Waals surface area contributed by atoms with Gasteiger partial charge in [0.25, 0.3) is 0 Å². The molecule has 0 aromatic heterocycles. The van der Waals surface area contributed by atoms with Crippen LogP contribution >= 0.6 is 0 Å². The molecule has 1 unspecified atom stereocenters. The molecule has 0 heterocycles. The lowest BCUT2D eigenvalue weighted by molar-refractivity contribution is -0.0835. The molecule has 0 amide bonds. The van der Waals surface area contributed by atoms with E-state index in [2.05, 4.69) is 24.3 Å². The quantitative estimate of drug-likeness (QED) is 0.841. The molecule has 112 valence electrons. The van der Waals surface area contributed by atoms with Gasteiger partial charge < -0.3 is 10.2 Å². The molecule has 1 fully saturated rings. The first-order valence-corrected chi connectivity index (χ1v) is 8.06. The molecular weight excluding hydrogens is 260 g/mol. The number of hydrogen-bond acceptors (Lipinski definition) is 2. The first-order chi connectivity index (χ1) is 10.2. The lowest BCUT2D eigenvalue weighted by Gasteiger charge is -2.32. The van der Waals surface area contributed by atoms with Crippen molar-refractivity contribution in [3.63, 3.8) is 0 Å². The molecular formula is C19H24O2. The second-order valence-electron chi connectivity index (χ2n) is 6.38. The smallest absolute Gasteiger partial charge is 0.0908 e. The van der Waals surface area contributed by atoms with E-state index in [0.29, 0.717) is 6.42 Å². The number of benzene rings is 2. The summed E-state index contributed by atoms with van der Waals surface area (Å²) in [5.74, 6) is 0. The Morgan fingerprint density at radius 1 is 0.905 bits per heavy atom. The van der Waals surface area contributed by atoms with E-state index in [1.165, 1.54) is 23.6 Å². The van der Waals surface area contributed by atoms with E-state index in [-0.39, 0.29) is 0 Å². The van der Waals surface area contributed by atoms with Gasteiger partial charge in [0, 0.05) is 6.42 Å². The Bertz CT molecular complexity index is 592. The number of hydrogen-bond donors (Lipinski definition) is 2. The summed E-state index contributed by atoms with van der Waals surface area (Å²) < 4.78 is 0. The average Bonchev–Trinajstić information content (AvgIpc) is 2.73. The van der Waals surface area contributed by atoms with Gasteiger partial charge in [0.2, 0.25) is 0 Å². The summed E-state index contributed by atoms with van der Waals surface area (Å²) in [5.41, 5.74) is 0.214. The van der Waals surface area contributed by atoms with Crippen LogP contribution in [0.1, 0.15) is 44.1 Å². The molecule has 2 aromatic carbocycles. The van der Waals surface area contributed by atoms with E-state index in [4.69, 9.17) is 0 Å². The minimum absolute atomic E-state index is 0.526. The zero-order chi connectivity index (χ0) is 14.7. The highest BCUT2D eigenvalue weighted by Gasteiger charge is 2.35. The first kappa shape index (κ1) is 14.6. The van der Waals surface area contributed by atoms with Crippen molar-refractivity contribution in [2.45, 2.75) is 56.7 Å². The molecule has 2 N–H and O–H groups in total. The summed E-state index contributed by atoms with van der Waals surface area (Å²) in [6.07, 6.45) is 5.66. The minimum Gasteiger partial charge on any atom is -0.390 e. The Morgan fingerprint density at radius 2 is 1.57 bits per heavy atom. The zero-order valence-corrected chi connectivity index (χ0v) is 12.5. The van der Waals surface area contributed by atoms with Crippen LogP contribution in [-0.4, -0.2) is 21.9 Å². The van der Waals surface area contributed by atoms with Crippen molar-refractivity contribution in [1.29, 1.82) is 0 Å². The van der Waals surface area contributed by atoms with Crippen LogP contribution in [0.3, 0.4) is 0 Å². The van der Waals surface area contributed by atoms with Gasteiger partial charge in [0.1, 0.15) is 0 Å². The molecule has 21 heavy (non-hydrogen) atoms. The molecule has 0 bridgehead atoms. The summed E-state index contributed by atoms with van der Waals surface area (Å²) in [7, 11) is 0. The molecule has 2 aromatic rings. The number of aliphatic hydroxyl groups is 2. The van der Waals surface area contributed by atoms with Crippen molar-refractivity contribution in [3.8, 4) is 0 Å². The predicted molar refractivity (Wildman–Crippen MR) is 86.3 cm³/mol. The lowest BCUT2D eigenvalue weighted by Crippen LogP contribution is -2.43. The van der Waals surface area contributed by atoms with E-state index in [1.807, 2.05) is 18.2 Å². The molecule has 0 radical (unpaired) electrons. The zero-order valence-electron chi connectivity index (χ0n) is 12.5. The summed E-state index contributed by atoms with van der Waals surface area (Å²) in [4.78, 5) is 0. The van der Waals surface area contributed by atoms with Crippen molar-refractivity contribution in [2.75, 3.05) is 0 Å². The minimum atomic E-state index is -0.909. The summed E-state index contributed by atoms with van der Waals surface area (Å²) in [6.45, 7) is 0. The van der Waals surface area contributed by atoms with Crippen LogP contribution in [0, 0.1) is 0 Å². The largest absolute Gasteiger partial charge is 0.390 e. The highest BCUT2D eigenvalue weighted by molar-refractivity contribution is 5.85. The topological polar surface area (TPSA) is 40.5 Å². The first-order valence-electron chi connectivity index (χ1n) is 8.06. The highest BCUT2D eigenvalue weighted by atomic mass is 16.3. The van der Waals surface area contributed by atoms with Crippen LogP contribution in [0.15, 0.2) is 42.5 Å². The van der Waals surface area contributed by atoms with Crippen LogP contribution in [0.25, 0.3) is 10.8 Å². The SMILES string of the molecule is OC(Cc1cccc2ccccc12)C1(O)CCCCCC1. The van der Waals surface area contributed by atoms with Gasteiger partial charge >= 0.3 is 0 Å². The third-order valence-corrected chi connectivity index (χ3v) is 4.88. The monoisotopic (exact) mass is 284 g/mol. The maximum Gasteiger partial charge on any atom is 0.0908 e. The van der Waals surface area contributed by atoms with E-state index < -0.39 is 11.7 Å². The molecule has 0 aliphatic heterocycles. The van der Waals surface area contributed by atoms with Gasteiger partial charge in [-0.25, -0.2) is 0 Å². The molecule has 1 aliphatic carbocycles. The van der Waals surface area contributed by atoms with Crippen molar-refractivity contribution < 1.29 is 10.2 Å². The Hall–Kier alpha value is -1.38. The van der Waals surface area contributed by atoms with Crippen molar-refractivity contribution in [2.24, 2.45) is 0 Å². The fourth-order valence-electron chi connectivity index (χ4n) is 3.54. The van der Waals surface area contributed by atoms with Gasteiger partial charge in [0.05, 0.1) is 11.7 Å². The molecule has 3 rings (SSSR count). The number of aliphatic hydroxyl groups excluding tert-OH is 1. The number of fused-ring (bicyclic) bond motifs is 1. The molecule has 0 saturated heterocycles. The third-order valence-electron chi connectivity index (χ3n) is 4.88. The molecule has 0 spiro atoms. The predicted octanol–water partition coefficient (Wildman–Crippen LogP) is 3.83. The van der Waals surface area contributed by atoms with E-state index >= 15 is 0 Å². The van der Waals surface area contributed by atoms with E-state index in [1.54, 1.807) is 0 Å². The normalized spacial score (nSPS) is 20.1. The second kappa shape index (κ2) is 6.17. The van der Waals surface area contributed by atoms with Gasteiger partial charge in [-0.05, 0) is 29.2 Å². The van der Waals surface area contributed by atoms with Crippen LogP contribution in [-0.2, 0) is 6.42 Å². The molecule has 1 saturated carbocycles. The molecule has 2 heteroatoms. The maximum absolute atomic E-state index is 10.8. The molecule has 1 atom stereocenters. The summed E-state index contributed by atoms with van der Waals surface area (Å²) >= 11 is 0.